The fourth-order valence-electron chi connectivity index (χ4n) is 4.54. The van der Waals surface area contributed by atoms with E-state index in [4.69, 9.17) is 35.0 Å². The summed E-state index contributed by atoms with van der Waals surface area (Å²) >= 11 is 5.87. The number of hydrogen-bond acceptors (Lipinski definition) is 7. The van der Waals surface area contributed by atoms with E-state index < -0.39 is 29.1 Å². The number of rotatable bonds is 8. The zero-order valence-electron chi connectivity index (χ0n) is 22.4. The normalized spacial score (nSPS) is 14.1. The van der Waals surface area contributed by atoms with Crippen molar-refractivity contribution in [2.24, 2.45) is 0 Å². The van der Waals surface area contributed by atoms with Crippen molar-refractivity contribution in [3.63, 3.8) is 0 Å². The molecule has 1 aliphatic heterocycles. The number of halogens is 4. The van der Waals surface area contributed by atoms with Crippen LogP contribution in [0.3, 0.4) is 0 Å². The zero-order chi connectivity index (χ0) is 29.9. The summed E-state index contributed by atoms with van der Waals surface area (Å²) < 4.78 is 70.2. The van der Waals surface area contributed by atoms with E-state index in [1.807, 2.05) is 6.92 Å². The smallest absolute Gasteiger partial charge is 0.453 e. The number of alkyl halides is 3. The first-order valence-corrected chi connectivity index (χ1v) is 13.5. The minimum Gasteiger partial charge on any atom is -0.494 e. The van der Waals surface area contributed by atoms with Gasteiger partial charge in [0.25, 0.3) is 5.76 Å². The molecule has 4 aromatic rings. The lowest BCUT2D eigenvalue weighted by Crippen LogP contribution is -3.12. The van der Waals surface area contributed by atoms with Gasteiger partial charge in [0.05, 0.1) is 36.3 Å². The SMILES string of the molecule is CCOc1ccc(C(=O)Oc2ccc3c(=O)c(Oc4ccc(Cl)cc4)c(C(F)(F)F)oc3c2C[NH+]2CCOCC2)cc1. The van der Waals surface area contributed by atoms with Crippen LogP contribution in [0.1, 0.15) is 28.6 Å². The molecule has 5 rings (SSSR count). The van der Waals surface area contributed by atoms with E-state index in [0.717, 1.165) is 4.90 Å². The topological polar surface area (TPSA) is 88.6 Å². The highest BCUT2D eigenvalue weighted by Crippen LogP contribution is 2.40. The molecule has 0 amide bonds. The molecular formula is C30H26ClF3NO7+. The highest BCUT2D eigenvalue weighted by molar-refractivity contribution is 6.30. The van der Waals surface area contributed by atoms with Crippen molar-refractivity contribution in [1.29, 1.82) is 0 Å². The van der Waals surface area contributed by atoms with Gasteiger partial charge in [-0.25, -0.2) is 4.79 Å². The first-order valence-electron chi connectivity index (χ1n) is 13.1. The first kappa shape index (κ1) is 29.4. The summed E-state index contributed by atoms with van der Waals surface area (Å²) in [6.45, 7) is 4.38. The number of nitrogens with one attached hydrogen (secondary N) is 1. The van der Waals surface area contributed by atoms with Gasteiger partial charge in [0.1, 0.15) is 36.9 Å². The molecule has 0 unspecified atom stereocenters. The number of quaternary nitrogens is 1. The summed E-state index contributed by atoms with van der Waals surface area (Å²) in [5, 5.41) is 0.182. The van der Waals surface area contributed by atoms with E-state index in [1.165, 1.54) is 48.5 Å². The Morgan fingerprint density at radius 3 is 2.29 bits per heavy atom. The molecule has 42 heavy (non-hydrogen) atoms. The standard InChI is InChI=1S/C30H25ClF3NO7/c1-2-39-20-7-3-18(4-8-20)29(37)41-24-12-11-22-25(36)27(40-21-9-5-19(31)6-10-21)28(30(32,33)34)42-26(22)23(24)17-35-13-15-38-16-14-35/h3-12H,2,13-17H2,1H3/p+1. The summed E-state index contributed by atoms with van der Waals surface area (Å²) in [5.41, 5.74) is -1.02. The largest absolute Gasteiger partial charge is 0.494 e. The minimum absolute atomic E-state index is 0.0250. The number of esters is 1. The van der Waals surface area contributed by atoms with Crippen LogP contribution in [0.4, 0.5) is 13.2 Å². The van der Waals surface area contributed by atoms with E-state index in [9.17, 15) is 22.8 Å². The molecule has 0 spiro atoms. The van der Waals surface area contributed by atoms with Crippen molar-refractivity contribution >= 4 is 28.5 Å². The van der Waals surface area contributed by atoms with Gasteiger partial charge in [-0.1, -0.05) is 11.6 Å². The van der Waals surface area contributed by atoms with Crippen LogP contribution in [-0.2, 0) is 17.5 Å². The summed E-state index contributed by atoms with van der Waals surface area (Å²) in [6.07, 6.45) is -5.08. The number of ether oxygens (including phenoxy) is 4. The van der Waals surface area contributed by atoms with Crippen molar-refractivity contribution in [1.82, 2.24) is 0 Å². The first-order chi connectivity index (χ1) is 20.1. The third kappa shape index (κ3) is 6.53. The highest BCUT2D eigenvalue weighted by Gasteiger charge is 2.41. The molecule has 0 saturated carbocycles. The second-order valence-electron chi connectivity index (χ2n) is 9.45. The van der Waals surface area contributed by atoms with E-state index in [2.05, 4.69) is 0 Å². The number of fused-ring (bicyclic) bond motifs is 1. The molecule has 1 N–H and O–H groups in total. The average Bonchev–Trinajstić information content (AvgIpc) is 2.97. The fourth-order valence-corrected chi connectivity index (χ4v) is 4.67. The summed E-state index contributed by atoms with van der Waals surface area (Å²) in [7, 11) is 0. The number of hydrogen-bond donors (Lipinski definition) is 1. The summed E-state index contributed by atoms with van der Waals surface area (Å²) in [6, 6.07) is 14.4. The molecule has 8 nitrogen and oxygen atoms in total. The molecule has 1 saturated heterocycles. The van der Waals surface area contributed by atoms with Crippen LogP contribution in [-0.4, -0.2) is 38.9 Å². The Labute approximate surface area is 243 Å². The van der Waals surface area contributed by atoms with Gasteiger partial charge in [0.15, 0.2) is 5.58 Å². The van der Waals surface area contributed by atoms with Crippen LogP contribution in [0.5, 0.6) is 23.0 Å². The molecule has 220 valence electrons. The lowest BCUT2D eigenvalue weighted by Gasteiger charge is -2.25. The Morgan fingerprint density at radius 2 is 1.64 bits per heavy atom. The van der Waals surface area contributed by atoms with Crippen molar-refractivity contribution in [2.75, 3.05) is 32.9 Å². The van der Waals surface area contributed by atoms with Crippen molar-refractivity contribution in [2.45, 2.75) is 19.6 Å². The molecule has 12 heteroatoms. The molecule has 1 aromatic heterocycles. The van der Waals surface area contributed by atoms with Crippen molar-refractivity contribution in [3.8, 4) is 23.0 Å². The van der Waals surface area contributed by atoms with Gasteiger partial charge in [0.2, 0.25) is 11.2 Å². The quantitative estimate of drug-likeness (QED) is 0.216. The molecule has 1 fully saturated rings. The second kappa shape index (κ2) is 12.4. The molecule has 0 aliphatic carbocycles. The van der Waals surface area contributed by atoms with E-state index in [1.54, 1.807) is 12.1 Å². The third-order valence-corrected chi connectivity index (χ3v) is 6.85. The van der Waals surface area contributed by atoms with Gasteiger partial charge in [-0.15, -0.1) is 0 Å². The van der Waals surface area contributed by atoms with E-state index >= 15 is 0 Å². The summed E-state index contributed by atoms with van der Waals surface area (Å²) in [5.74, 6) is -2.85. The molecular weight excluding hydrogens is 579 g/mol. The third-order valence-electron chi connectivity index (χ3n) is 6.60. The van der Waals surface area contributed by atoms with Crippen LogP contribution < -0.4 is 24.5 Å². The fraction of sp³-hybridized carbons (Fsp3) is 0.267. The number of morpholine rings is 1. The van der Waals surface area contributed by atoms with E-state index in [-0.39, 0.29) is 40.1 Å². The molecule has 0 atom stereocenters. The Morgan fingerprint density at radius 1 is 0.976 bits per heavy atom. The highest BCUT2D eigenvalue weighted by atomic mass is 35.5. The van der Waals surface area contributed by atoms with Crippen LogP contribution in [0.15, 0.2) is 69.9 Å². The Hall–Kier alpha value is -4.06. The van der Waals surface area contributed by atoms with Crippen molar-refractivity contribution < 1.29 is 46.2 Å². The Kier molecular flexibility index (Phi) is 8.72. The molecule has 1 aliphatic rings. The van der Waals surface area contributed by atoms with Crippen LogP contribution >= 0.6 is 11.6 Å². The monoisotopic (exact) mass is 604 g/mol. The van der Waals surface area contributed by atoms with Gasteiger partial charge in [-0.3, -0.25) is 4.79 Å². The molecule has 2 heterocycles. The van der Waals surface area contributed by atoms with Crippen LogP contribution in [0.25, 0.3) is 11.0 Å². The maximum absolute atomic E-state index is 14.3. The van der Waals surface area contributed by atoms with Gasteiger partial charge >= 0.3 is 12.1 Å². The summed E-state index contributed by atoms with van der Waals surface area (Å²) in [4.78, 5) is 27.5. The van der Waals surface area contributed by atoms with E-state index in [0.29, 0.717) is 43.7 Å². The molecule has 0 radical (unpaired) electrons. The lowest BCUT2D eigenvalue weighted by molar-refractivity contribution is -0.921. The predicted octanol–water partition coefficient (Wildman–Crippen LogP) is 5.29. The minimum atomic E-state index is -5.08. The van der Waals surface area contributed by atoms with Crippen LogP contribution in [0.2, 0.25) is 5.02 Å². The maximum atomic E-state index is 14.3. The number of carbonyl (C=O) groups excluding carboxylic acids is 1. The number of carbonyl (C=O) groups is 1. The Balaban J connectivity index is 1.61. The number of benzene rings is 3. The van der Waals surface area contributed by atoms with Gasteiger partial charge in [-0.2, -0.15) is 13.2 Å². The zero-order valence-corrected chi connectivity index (χ0v) is 23.1. The molecule has 3 aromatic carbocycles. The van der Waals surface area contributed by atoms with Crippen molar-refractivity contribution in [3.05, 3.63) is 92.8 Å². The lowest BCUT2D eigenvalue weighted by atomic mass is 10.1. The molecule has 0 bridgehead atoms. The second-order valence-corrected chi connectivity index (χ2v) is 9.88. The Bertz CT molecular complexity index is 1630. The van der Waals surface area contributed by atoms with Gasteiger partial charge in [-0.05, 0) is 67.6 Å². The van der Waals surface area contributed by atoms with Gasteiger partial charge < -0.3 is 28.3 Å². The maximum Gasteiger partial charge on any atom is 0.453 e. The van der Waals surface area contributed by atoms with Crippen LogP contribution in [0, 0.1) is 0 Å². The predicted molar refractivity (Wildman–Crippen MR) is 147 cm³/mol. The average molecular weight is 605 g/mol. The van der Waals surface area contributed by atoms with Gasteiger partial charge in [0, 0.05) is 5.02 Å².